The Morgan fingerprint density at radius 2 is 2.00 bits per heavy atom. The first-order valence-electron chi connectivity index (χ1n) is 6.01. The number of rotatable bonds is 3. The van der Waals surface area contributed by atoms with Crippen molar-refractivity contribution in [1.29, 1.82) is 0 Å². The molecule has 0 atom stereocenters. The van der Waals surface area contributed by atoms with E-state index in [9.17, 15) is 0 Å². The van der Waals surface area contributed by atoms with Crippen molar-refractivity contribution in [3.05, 3.63) is 40.8 Å². The molecule has 0 unspecified atom stereocenters. The standard InChI is InChI=1S/C14H16ClN3/c1-9(2)6-11-8-13(15)18-14(17-11)12-7-10(3)4-5-16-12/h4-5,7-9H,6H2,1-3H3. The molecule has 0 N–H and O–H groups in total. The summed E-state index contributed by atoms with van der Waals surface area (Å²) in [5.74, 6) is 1.14. The van der Waals surface area contributed by atoms with Crippen LogP contribution in [0.15, 0.2) is 24.4 Å². The highest BCUT2D eigenvalue weighted by molar-refractivity contribution is 6.29. The molecular weight excluding hydrogens is 246 g/mol. The molecule has 0 amide bonds. The number of aryl methyl sites for hydroxylation is 1. The summed E-state index contributed by atoms with van der Waals surface area (Å²) in [5.41, 5.74) is 2.86. The van der Waals surface area contributed by atoms with Crippen molar-refractivity contribution in [2.75, 3.05) is 0 Å². The Hall–Kier alpha value is -1.48. The van der Waals surface area contributed by atoms with Gasteiger partial charge in [-0.15, -0.1) is 0 Å². The SMILES string of the molecule is Cc1ccnc(-c2nc(Cl)cc(CC(C)C)n2)c1. The average Bonchev–Trinajstić information content (AvgIpc) is 2.27. The molecule has 4 heteroatoms. The molecule has 0 bridgehead atoms. The predicted molar refractivity (Wildman–Crippen MR) is 73.6 cm³/mol. The van der Waals surface area contributed by atoms with Crippen molar-refractivity contribution >= 4 is 11.6 Å². The van der Waals surface area contributed by atoms with Crippen molar-refractivity contribution < 1.29 is 0 Å². The second-order valence-electron chi connectivity index (χ2n) is 4.82. The van der Waals surface area contributed by atoms with Crippen molar-refractivity contribution in [2.24, 2.45) is 5.92 Å². The highest BCUT2D eigenvalue weighted by Gasteiger charge is 2.08. The minimum Gasteiger partial charge on any atom is -0.253 e. The summed E-state index contributed by atoms with van der Waals surface area (Å²) in [5, 5.41) is 0.471. The minimum absolute atomic E-state index is 0.471. The molecule has 0 spiro atoms. The summed E-state index contributed by atoms with van der Waals surface area (Å²) in [6.07, 6.45) is 2.65. The topological polar surface area (TPSA) is 38.7 Å². The normalized spacial score (nSPS) is 10.9. The van der Waals surface area contributed by atoms with E-state index in [1.807, 2.05) is 25.1 Å². The van der Waals surface area contributed by atoms with Crippen LogP contribution in [0.1, 0.15) is 25.1 Å². The fraction of sp³-hybridized carbons (Fsp3) is 0.357. The van der Waals surface area contributed by atoms with Crippen LogP contribution in [0.2, 0.25) is 5.15 Å². The van der Waals surface area contributed by atoms with Gasteiger partial charge in [0.15, 0.2) is 5.82 Å². The van der Waals surface area contributed by atoms with E-state index in [0.29, 0.717) is 16.9 Å². The number of hydrogen-bond acceptors (Lipinski definition) is 3. The number of nitrogens with zero attached hydrogens (tertiary/aromatic N) is 3. The monoisotopic (exact) mass is 261 g/mol. The summed E-state index contributed by atoms with van der Waals surface area (Å²) in [6, 6.07) is 5.73. The summed E-state index contributed by atoms with van der Waals surface area (Å²) in [7, 11) is 0. The lowest BCUT2D eigenvalue weighted by atomic mass is 10.1. The molecular formula is C14H16ClN3. The molecule has 3 nitrogen and oxygen atoms in total. The van der Waals surface area contributed by atoms with Crippen molar-refractivity contribution in [1.82, 2.24) is 15.0 Å². The molecule has 2 aromatic heterocycles. The molecule has 0 aliphatic rings. The Morgan fingerprint density at radius 3 is 2.67 bits per heavy atom. The summed E-state index contributed by atoms with van der Waals surface area (Å²) >= 11 is 6.04. The smallest absolute Gasteiger partial charge is 0.179 e. The van der Waals surface area contributed by atoms with Gasteiger partial charge >= 0.3 is 0 Å². The maximum atomic E-state index is 6.04. The van der Waals surface area contributed by atoms with E-state index in [1.54, 1.807) is 6.20 Å². The minimum atomic E-state index is 0.471. The molecule has 0 aliphatic heterocycles. The lowest BCUT2D eigenvalue weighted by Crippen LogP contribution is -2.01. The third-order valence-corrected chi connectivity index (χ3v) is 2.70. The number of hydrogen-bond donors (Lipinski definition) is 0. The van der Waals surface area contributed by atoms with E-state index in [1.165, 1.54) is 0 Å². The van der Waals surface area contributed by atoms with E-state index in [2.05, 4.69) is 28.8 Å². The van der Waals surface area contributed by atoms with Crippen LogP contribution in [0, 0.1) is 12.8 Å². The zero-order chi connectivity index (χ0) is 13.1. The third kappa shape index (κ3) is 3.26. The first-order valence-corrected chi connectivity index (χ1v) is 6.39. The highest BCUT2D eigenvalue weighted by Crippen LogP contribution is 2.18. The van der Waals surface area contributed by atoms with E-state index in [4.69, 9.17) is 11.6 Å². The molecule has 2 heterocycles. The molecule has 18 heavy (non-hydrogen) atoms. The van der Waals surface area contributed by atoms with Crippen LogP contribution in [0.5, 0.6) is 0 Å². The molecule has 0 fully saturated rings. The largest absolute Gasteiger partial charge is 0.253 e. The van der Waals surface area contributed by atoms with Crippen LogP contribution in [0.3, 0.4) is 0 Å². The van der Waals surface area contributed by atoms with Crippen LogP contribution in [-0.2, 0) is 6.42 Å². The zero-order valence-corrected chi connectivity index (χ0v) is 11.6. The molecule has 2 aromatic rings. The number of aromatic nitrogens is 3. The fourth-order valence-corrected chi connectivity index (χ4v) is 1.97. The van der Waals surface area contributed by atoms with Gasteiger partial charge in [0.25, 0.3) is 0 Å². The zero-order valence-electron chi connectivity index (χ0n) is 10.8. The molecule has 2 rings (SSSR count). The van der Waals surface area contributed by atoms with Crippen LogP contribution in [-0.4, -0.2) is 15.0 Å². The molecule has 0 aromatic carbocycles. The van der Waals surface area contributed by atoms with Gasteiger partial charge in [0.2, 0.25) is 0 Å². The summed E-state index contributed by atoms with van der Waals surface area (Å²) < 4.78 is 0. The molecule has 0 saturated heterocycles. The lowest BCUT2D eigenvalue weighted by Gasteiger charge is -2.07. The Labute approximate surface area is 112 Å². The van der Waals surface area contributed by atoms with E-state index < -0.39 is 0 Å². The molecule has 0 saturated carbocycles. The summed E-state index contributed by atoms with van der Waals surface area (Å²) in [4.78, 5) is 13.1. The van der Waals surface area contributed by atoms with Gasteiger partial charge in [-0.2, -0.15) is 0 Å². The van der Waals surface area contributed by atoms with Gasteiger partial charge in [0.05, 0.1) is 0 Å². The maximum absolute atomic E-state index is 6.04. The van der Waals surface area contributed by atoms with Crippen molar-refractivity contribution in [2.45, 2.75) is 27.2 Å². The van der Waals surface area contributed by atoms with E-state index in [-0.39, 0.29) is 0 Å². The second-order valence-corrected chi connectivity index (χ2v) is 5.21. The van der Waals surface area contributed by atoms with Crippen LogP contribution in [0.4, 0.5) is 0 Å². The highest BCUT2D eigenvalue weighted by atomic mass is 35.5. The van der Waals surface area contributed by atoms with Crippen LogP contribution in [0.25, 0.3) is 11.5 Å². The van der Waals surface area contributed by atoms with Gasteiger partial charge in [-0.25, -0.2) is 9.97 Å². The average molecular weight is 262 g/mol. The Morgan fingerprint density at radius 1 is 1.22 bits per heavy atom. The van der Waals surface area contributed by atoms with Crippen molar-refractivity contribution in [3.8, 4) is 11.5 Å². The van der Waals surface area contributed by atoms with Gasteiger partial charge in [-0.1, -0.05) is 25.4 Å². The molecule has 94 valence electrons. The second kappa shape index (κ2) is 5.44. The van der Waals surface area contributed by atoms with Gasteiger partial charge < -0.3 is 0 Å². The summed E-state index contributed by atoms with van der Waals surface area (Å²) in [6.45, 7) is 6.33. The molecule has 0 radical (unpaired) electrons. The Kier molecular flexibility index (Phi) is 3.92. The number of halogens is 1. The lowest BCUT2D eigenvalue weighted by molar-refractivity contribution is 0.634. The Bertz CT molecular complexity index is 552. The van der Waals surface area contributed by atoms with Crippen molar-refractivity contribution in [3.63, 3.8) is 0 Å². The van der Waals surface area contributed by atoms with E-state index in [0.717, 1.165) is 23.4 Å². The first kappa shape index (κ1) is 13.0. The fourth-order valence-electron chi connectivity index (χ4n) is 1.76. The van der Waals surface area contributed by atoms with Gasteiger partial charge in [-0.05, 0) is 43.0 Å². The maximum Gasteiger partial charge on any atom is 0.179 e. The predicted octanol–water partition coefficient (Wildman–Crippen LogP) is 3.70. The van der Waals surface area contributed by atoms with Gasteiger partial charge in [0, 0.05) is 11.9 Å². The quantitative estimate of drug-likeness (QED) is 0.791. The van der Waals surface area contributed by atoms with Crippen LogP contribution < -0.4 is 0 Å². The third-order valence-electron chi connectivity index (χ3n) is 2.51. The van der Waals surface area contributed by atoms with Gasteiger partial charge in [0.1, 0.15) is 10.8 Å². The first-order chi connectivity index (χ1) is 8.54. The molecule has 0 aliphatic carbocycles. The Balaban J connectivity index is 2.41. The van der Waals surface area contributed by atoms with Gasteiger partial charge in [-0.3, -0.25) is 4.98 Å². The number of pyridine rings is 1. The van der Waals surface area contributed by atoms with Crippen LogP contribution >= 0.6 is 11.6 Å². The van der Waals surface area contributed by atoms with E-state index >= 15 is 0 Å².